The number of alkyl halides is 1. The molecule has 0 aromatic heterocycles. The number of hydrogen-bond acceptors (Lipinski definition) is 3. The molecule has 102 valence electrons. The monoisotopic (exact) mass is 295 g/mol. The lowest BCUT2D eigenvalue weighted by molar-refractivity contribution is 0.185. The number of methoxy groups -OCH3 is 1. The maximum absolute atomic E-state index is 13.2. The maximum atomic E-state index is 13.2. The van der Waals surface area contributed by atoms with Gasteiger partial charge < -0.3 is 4.74 Å². The number of halogens is 2. The van der Waals surface area contributed by atoms with E-state index in [0.717, 1.165) is 10.4 Å². The average Bonchev–Trinajstić information content (AvgIpc) is 2.36. The molecule has 0 heterocycles. The Balaban J connectivity index is 3.05. The fraction of sp³-hybridized carbons (Fsp3) is 0.455. The van der Waals surface area contributed by atoms with Gasteiger partial charge >= 0.3 is 0 Å². The molecule has 0 amide bonds. The minimum absolute atomic E-state index is 0.0261. The van der Waals surface area contributed by atoms with Crippen molar-refractivity contribution in [3.8, 4) is 0 Å². The molecular weight excluding hydrogens is 281 g/mol. The molecule has 7 heteroatoms. The van der Waals surface area contributed by atoms with Crippen molar-refractivity contribution in [3.63, 3.8) is 0 Å². The summed E-state index contributed by atoms with van der Waals surface area (Å²) in [6.07, 6.45) is 0. The summed E-state index contributed by atoms with van der Waals surface area (Å²) in [5.74, 6) is -0.583. The molecule has 0 saturated heterocycles. The van der Waals surface area contributed by atoms with Crippen LogP contribution in [0, 0.1) is 5.82 Å². The zero-order valence-electron chi connectivity index (χ0n) is 10.2. The summed E-state index contributed by atoms with van der Waals surface area (Å²) >= 11 is 5.55. The molecule has 0 unspecified atom stereocenters. The first kappa shape index (κ1) is 15.4. The minimum atomic E-state index is -3.63. The summed E-state index contributed by atoms with van der Waals surface area (Å²) in [5.41, 5.74) is 0.165. The third-order valence-corrected chi connectivity index (χ3v) is 4.62. The van der Waals surface area contributed by atoms with Gasteiger partial charge in [0.2, 0.25) is 10.0 Å². The number of sulfonamides is 1. The zero-order chi connectivity index (χ0) is 13.8. The van der Waals surface area contributed by atoms with E-state index in [9.17, 15) is 12.8 Å². The number of ether oxygens (including phenoxy) is 1. The molecule has 1 aromatic carbocycles. The van der Waals surface area contributed by atoms with E-state index in [2.05, 4.69) is 0 Å². The van der Waals surface area contributed by atoms with Gasteiger partial charge in [0.25, 0.3) is 0 Å². The largest absolute Gasteiger partial charge is 0.383 e. The molecule has 0 atom stereocenters. The lowest BCUT2D eigenvalue weighted by Gasteiger charge is -2.17. The summed E-state index contributed by atoms with van der Waals surface area (Å²) in [6.45, 7) is 0.520. The number of benzene rings is 1. The van der Waals surface area contributed by atoms with E-state index in [-0.39, 0.29) is 22.9 Å². The van der Waals surface area contributed by atoms with Crippen molar-refractivity contribution >= 4 is 21.6 Å². The van der Waals surface area contributed by atoms with Gasteiger partial charge in [-0.15, -0.1) is 11.6 Å². The van der Waals surface area contributed by atoms with E-state index < -0.39 is 15.8 Å². The predicted octanol–water partition coefficient (Wildman–Crippen LogP) is 1.83. The van der Waals surface area contributed by atoms with Crippen molar-refractivity contribution in [3.05, 3.63) is 29.6 Å². The molecular formula is C11H15ClFNO3S. The van der Waals surface area contributed by atoms with Gasteiger partial charge in [0.1, 0.15) is 5.82 Å². The Morgan fingerprint density at radius 1 is 1.44 bits per heavy atom. The second kappa shape index (κ2) is 6.47. The van der Waals surface area contributed by atoms with Crippen LogP contribution >= 0.6 is 11.6 Å². The highest BCUT2D eigenvalue weighted by atomic mass is 35.5. The van der Waals surface area contributed by atoms with Gasteiger partial charge in [-0.1, -0.05) is 0 Å². The molecule has 0 aliphatic heterocycles. The fourth-order valence-corrected chi connectivity index (χ4v) is 2.74. The van der Waals surface area contributed by atoms with E-state index in [1.54, 1.807) is 0 Å². The minimum Gasteiger partial charge on any atom is -0.383 e. The molecule has 0 spiro atoms. The molecule has 0 radical (unpaired) electrons. The Bertz CT molecular complexity index is 507. The van der Waals surface area contributed by atoms with Crippen LogP contribution in [0.1, 0.15) is 5.56 Å². The first-order valence-electron chi connectivity index (χ1n) is 5.23. The lowest BCUT2D eigenvalue weighted by atomic mass is 10.2. The van der Waals surface area contributed by atoms with Crippen molar-refractivity contribution in [2.75, 3.05) is 27.3 Å². The number of likely N-dealkylation sites (N-methyl/N-ethyl adjacent to an activating group) is 1. The van der Waals surface area contributed by atoms with Crippen LogP contribution in [0.3, 0.4) is 0 Å². The van der Waals surface area contributed by atoms with Gasteiger partial charge in [-0.3, -0.25) is 0 Å². The molecule has 0 saturated carbocycles. The second-order valence-electron chi connectivity index (χ2n) is 3.71. The highest BCUT2D eigenvalue weighted by Gasteiger charge is 2.21. The first-order valence-corrected chi connectivity index (χ1v) is 7.20. The van der Waals surface area contributed by atoms with Crippen LogP contribution in [0.15, 0.2) is 23.1 Å². The molecule has 0 bridgehead atoms. The zero-order valence-corrected chi connectivity index (χ0v) is 11.8. The van der Waals surface area contributed by atoms with Crippen LogP contribution in [0.5, 0.6) is 0 Å². The molecule has 0 aliphatic rings. The Kier molecular flexibility index (Phi) is 5.52. The van der Waals surface area contributed by atoms with Crippen LogP contribution in [-0.4, -0.2) is 40.0 Å². The molecule has 1 rings (SSSR count). The third kappa shape index (κ3) is 3.41. The Hall–Kier alpha value is -0.690. The van der Waals surface area contributed by atoms with Crippen molar-refractivity contribution < 1.29 is 17.5 Å². The van der Waals surface area contributed by atoms with E-state index >= 15 is 0 Å². The van der Waals surface area contributed by atoms with Crippen LogP contribution in [0.4, 0.5) is 4.39 Å². The number of nitrogens with zero attached hydrogens (tertiary/aromatic N) is 1. The predicted molar refractivity (Wildman–Crippen MR) is 67.6 cm³/mol. The molecule has 0 fully saturated rings. The third-order valence-electron chi connectivity index (χ3n) is 2.48. The Morgan fingerprint density at radius 2 is 2.11 bits per heavy atom. The van der Waals surface area contributed by atoms with Crippen LogP contribution in [-0.2, 0) is 20.6 Å². The average molecular weight is 296 g/mol. The van der Waals surface area contributed by atoms with Crippen LogP contribution in [0.2, 0.25) is 0 Å². The SMILES string of the molecule is COCCN(C)S(=O)(=O)c1ccc(F)c(CCl)c1. The van der Waals surface area contributed by atoms with Crippen molar-refractivity contribution in [1.82, 2.24) is 4.31 Å². The summed E-state index contributed by atoms with van der Waals surface area (Å²) in [4.78, 5) is 0.0261. The van der Waals surface area contributed by atoms with Gasteiger partial charge in [-0.05, 0) is 18.2 Å². The quantitative estimate of drug-likeness (QED) is 0.752. The van der Waals surface area contributed by atoms with Crippen molar-refractivity contribution in [1.29, 1.82) is 0 Å². The van der Waals surface area contributed by atoms with E-state index in [1.165, 1.54) is 26.3 Å². The normalized spacial score (nSPS) is 12.1. The fourth-order valence-electron chi connectivity index (χ4n) is 1.33. The van der Waals surface area contributed by atoms with Crippen LogP contribution < -0.4 is 0 Å². The van der Waals surface area contributed by atoms with Gasteiger partial charge in [-0.2, -0.15) is 4.31 Å². The smallest absolute Gasteiger partial charge is 0.242 e. The number of hydrogen-bond donors (Lipinski definition) is 0. The molecule has 18 heavy (non-hydrogen) atoms. The Morgan fingerprint density at radius 3 is 2.67 bits per heavy atom. The lowest BCUT2D eigenvalue weighted by Crippen LogP contribution is -2.30. The summed E-state index contributed by atoms with van der Waals surface area (Å²) in [6, 6.07) is 3.58. The molecule has 0 aliphatic carbocycles. The summed E-state index contributed by atoms with van der Waals surface area (Å²) in [5, 5.41) is 0. The first-order chi connectivity index (χ1) is 8.43. The molecule has 4 nitrogen and oxygen atoms in total. The topological polar surface area (TPSA) is 46.6 Å². The van der Waals surface area contributed by atoms with Gasteiger partial charge in [0, 0.05) is 26.3 Å². The van der Waals surface area contributed by atoms with E-state index in [0.29, 0.717) is 6.61 Å². The Labute approximate surface area is 111 Å². The van der Waals surface area contributed by atoms with Crippen LogP contribution in [0.25, 0.3) is 0 Å². The van der Waals surface area contributed by atoms with Gasteiger partial charge in [0.05, 0.1) is 17.4 Å². The highest BCUT2D eigenvalue weighted by Crippen LogP contribution is 2.19. The van der Waals surface area contributed by atoms with Crippen molar-refractivity contribution in [2.24, 2.45) is 0 Å². The second-order valence-corrected chi connectivity index (χ2v) is 6.02. The summed E-state index contributed by atoms with van der Waals surface area (Å²) in [7, 11) is -0.700. The standard InChI is InChI=1S/C11H15ClFNO3S/c1-14(5-6-17-2)18(15,16)10-3-4-11(13)9(7-10)8-12/h3-4,7H,5-6,8H2,1-2H3. The molecule has 1 aromatic rings. The maximum Gasteiger partial charge on any atom is 0.242 e. The highest BCUT2D eigenvalue weighted by molar-refractivity contribution is 7.89. The van der Waals surface area contributed by atoms with Gasteiger partial charge in [-0.25, -0.2) is 12.8 Å². The van der Waals surface area contributed by atoms with E-state index in [1.807, 2.05) is 0 Å². The number of rotatable bonds is 6. The molecule has 0 N–H and O–H groups in total. The van der Waals surface area contributed by atoms with E-state index in [4.69, 9.17) is 16.3 Å². The van der Waals surface area contributed by atoms with Gasteiger partial charge in [0.15, 0.2) is 0 Å². The summed E-state index contributed by atoms with van der Waals surface area (Å²) < 4.78 is 43.5. The van der Waals surface area contributed by atoms with Crippen molar-refractivity contribution in [2.45, 2.75) is 10.8 Å².